The van der Waals surface area contributed by atoms with Gasteiger partial charge >= 0.3 is 11.9 Å². The molecule has 0 unspecified atom stereocenters. The van der Waals surface area contributed by atoms with E-state index in [1.54, 1.807) is 6.92 Å². The smallest absolute Gasteiger partial charge is 0.348 e. The summed E-state index contributed by atoms with van der Waals surface area (Å²) in [4.78, 5) is 44.5. The first-order valence-corrected chi connectivity index (χ1v) is 7.92. The molecule has 0 saturated carbocycles. The van der Waals surface area contributed by atoms with Crippen LogP contribution in [0.5, 0.6) is 5.88 Å². The van der Waals surface area contributed by atoms with E-state index in [9.17, 15) is 19.5 Å². The highest BCUT2D eigenvalue weighted by Crippen LogP contribution is 2.36. The van der Waals surface area contributed by atoms with Gasteiger partial charge in [0.1, 0.15) is 21.0 Å². The van der Waals surface area contributed by atoms with Gasteiger partial charge in [0, 0.05) is 6.21 Å². The molecule has 0 aliphatic heterocycles. The Morgan fingerprint density at radius 3 is 2.44 bits per heavy atom. The minimum atomic E-state index is -0.693. The standard InChI is InChI=1S/C14H13N3O6S2/c1-5-7(12(20)22-2)11(25-8(5)13(21)23-3)15-4-6-9(18)16-14(24)17-10(6)19/h4H,1-3H3,(H3,16,17,18,19,24). The zero-order valence-corrected chi connectivity index (χ0v) is 15.0. The second kappa shape index (κ2) is 7.40. The van der Waals surface area contributed by atoms with Crippen molar-refractivity contribution in [3.8, 4) is 5.88 Å². The molecule has 0 aliphatic rings. The van der Waals surface area contributed by atoms with Crippen molar-refractivity contribution in [1.82, 2.24) is 9.97 Å². The molecule has 2 aromatic heterocycles. The first-order chi connectivity index (χ1) is 11.8. The molecule has 0 fully saturated rings. The molecule has 0 radical (unpaired) electrons. The molecule has 3 N–H and O–H groups in total. The van der Waals surface area contributed by atoms with Crippen LogP contribution in [-0.2, 0) is 9.47 Å². The van der Waals surface area contributed by atoms with Gasteiger partial charge in [0.15, 0.2) is 4.77 Å². The van der Waals surface area contributed by atoms with Crippen LogP contribution in [0.1, 0.15) is 31.2 Å². The first kappa shape index (κ1) is 18.5. The minimum Gasteiger partial charge on any atom is -0.494 e. The quantitative estimate of drug-likeness (QED) is 0.416. The Labute approximate surface area is 150 Å². The number of thiophene rings is 1. The number of aromatic nitrogens is 2. The average molecular weight is 383 g/mol. The van der Waals surface area contributed by atoms with E-state index in [4.69, 9.17) is 17.0 Å². The number of carbonyl (C=O) groups is 2. The average Bonchev–Trinajstić information content (AvgIpc) is 2.89. The highest BCUT2D eigenvalue weighted by Gasteiger charge is 2.25. The molecule has 0 atom stereocenters. The van der Waals surface area contributed by atoms with Crippen LogP contribution in [-0.4, -0.2) is 47.4 Å². The number of H-pyrrole nitrogens is 2. The Bertz CT molecular complexity index is 985. The molecule has 132 valence electrons. The van der Waals surface area contributed by atoms with Crippen LogP contribution in [0.25, 0.3) is 0 Å². The monoisotopic (exact) mass is 383 g/mol. The topological polar surface area (TPSA) is 134 Å². The number of hydrogen-bond donors (Lipinski definition) is 3. The van der Waals surface area contributed by atoms with E-state index in [2.05, 4.69) is 19.7 Å². The first-order valence-electron chi connectivity index (χ1n) is 6.69. The van der Waals surface area contributed by atoms with Gasteiger partial charge in [-0.05, 0) is 24.7 Å². The third kappa shape index (κ3) is 3.67. The Morgan fingerprint density at radius 2 is 1.88 bits per heavy atom. The summed E-state index contributed by atoms with van der Waals surface area (Å²) in [5.74, 6) is -1.79. The van der Waals surface area contributed by atoms with E-state index in [1.165, 1.54) is 14.2 Å². The number of carbonyl (C=O) groups excluding carboxylic acids is 2. The summed E-state index contributed by atoms with van der Waals surface area (Å²) in [7, 11) is 2.41. The van der Waals surface area contributed by atoms with Crippen molar-refractivity contribution in [2.75, 3.05) is 14.2 Å². The second-order valence-corrected chi connectivity index (χ2v) is 6.06. The molecule has 0 amide bonds. The maximum absolute atomic E-state index is 12.0. The van der Waals surface area contributed by atoms with Crippen LogP contribution < -0.4 is 5.56 Å². The maximum atomic E-state index is 12.0. The number of aliphatic imine (C=N–C) groups is 1. The molecule has 2 heterocycles. The number of aromatic hydroxyl groups is 1. The van der Waals surface area contributed by atoms with Gasteiger partial charge < -0.3 is 19.6 Å². The predicted octanol–water partition coefficient (Wildman–Crippen LogP) is 1.83. The van der Waals surface area contributed by atoms with E-state index in [0.717, 1.165) is 17.6 Å². The van der Waals surface area contributed by atoms with Gasteiger partial charge in [-0.1, -0.05) is 0 Å². The summed E-state index contributed by atoms with van der Waals surface area (Å²) < 4.78 is 9.33. The molecule has 0 saturated heterocycles. The fraction of sp³-hybridized carbons (Fsp3) is 0.214. The third-order valence-electron chi connectivity index (χ3n) is 3.16. The normalized spacial score (nSPS) is 10.8. The predicted molar refractivity (Wildman–Crippen MR) is 92.9 cm³/mol. The molecular weight excluding hydrogens is 370 g/mol. The molecule has 9 nitrogen and oxygen atoms in total. The van der Waals surface area contributed by atoms with Crippen molar-refractivity contribution in [1.29, 1.82) is 0 Å². The van der Waals surface area contributed by atoms with E-state index in [-0.39, 0.29) is 25.8 Å². The molecule has 0 bridgehead atoms. The van der Waals surface area contributed by atoms with Crippen molar-refractivity contribution in [3.05, 3.63) is 36.7 Å². The Hall–Kier alpha value is -2.79. The SMILES string of the molecule is COC(=O)c1sc(N=Cc2c(O)[nH]c(=S)[nH]c2=O)c(C(=O)OC)c1C. The number of hydrogen-bond acceptors (Lipinski definition) is 9. The maximum Gasteiger partial charge on any atom is 0.348 e. The van der Waals surface area contributed by atoms with Crippen LogP contribution in [0, 0.1) is 11.7 Å². The molecule has 25 heavy (non-hydrogen) atoms. The number of methoxy groups -OCH3 is 2. The third-order valence-corrected chi connectivity index (χ3v) is 4.54. The summed E-state index contributed by atoms with van der Waals surface area (Å²) in [6.07, 6.45) is 1.05. The minimum absolute atomic E-state index is 0.0464. The lowest BCUT2D eigenvalue weighted by Gasteiger charge is -2.00. The van der Waals surface area contributed by atoms with Crippen LogP contribution in [0.4, 0.5) is 5.00 Å². The molecule has 2 aromatic rings. The lowest BCUT2D eigenvalue weighted by atomic mass is 10.1. The Morgan fingerprint density at radius 1 is 1.24 bits per heavy atom. The number of nitrogens with zero attached hydrogens (tertiary/aromatic N) is 1. The lowest BCUT2D eigenvalue weighted by molar-refractivity contribution is 0.0601. The Balaban J connectivity index is 2.59. The summed E-state index contributed by atoms with van der Waals surface area (Å²) in [5, 5.41) is 9.90. The van der Waals surface area contributed by atoms with Gasteiger partial charge in [-0.2, -0.15) is 0 Å². The summed E-state index contributed by atoms with van der Waals surface area (Å²) in [5.41, 5.74) is -0.424. The van der Waals surface area contributed by atoms with Gasteiger partial charge in [0.25, 0.3) is 5.56 Å². The molecule has 0 spiro atoms. The summed E-state index contributed by atoms with van der Waals surface area (Å²) in [6, 6.07) is 0. The van der Waals surface area contributed by atoms with Gasteiger partial charge in [0.05, 0.1) is 14.2 Å². The number of aromatic amines is 2. The van der Waals surface area contributed by atoms with E-state index >= 15 is 0 Å². The molecule has 11 heteroatoms. The molecule has 0 aliphatic carbocycles. The van der Waals surface area contributed by atoms with Crippen molar-refractivity contribution in [3.63, 3.8) is 0 Å². The largest absolute Gasteiger partial charge is 0.494 e. The van der Waals surface area contributed by atoms with Gasteiger partial charge in [-0.15, -0.1) is 11.3 Å². The van der Waals surface area contributed by atoms with Gasteiger partial charge in [-0.25, -0.2) is 14.6 Å². The Kier molecular flexibility index (Phi) is 5.49. The van der Waals surface area contributed by atoms with Crippen LogP contribution in [0.15, 0.2) is 9.79 Å². The fourth-order valence-corrected chi connectivity index (χ4v) is 3.19. The van der Waals surface area contributed by atoms with Crippen LogP contribution in [0.3, 0.4) is 0 Å². The lowest BCUT2D eigenvalue weighted by Crippen LogP contribution is -2.13. The number of ether oxygens (including phenoxy) is 2. The second-order valence-electron chi connectivity index (χ2n) is 4.65. The zero-order chi connectivity index (χ0) is 18.7. The van der Waals surface area contributed by atoms with Crippen molar-refractivity contribution in [2.45, 2.75) is 6.92 Å². The van der Waals surface area contributed by atoms with E-state index in [0.29, 0.717) is 5.56 Å². The fourth-order valence-electron chi connectivity index (χ4n) is 1.95. The van der Waals surface area contributed by atoms with Gasteiger partial charge in [-0.3, -0.25) is 9.78 Å². The van der Waals surface area contributed by atoms with E-state index in [1.807, 2.05) is 0 Å². The highest BCUT2D eigenvalue weighted by molar-refractivity contribution is 7.71. The van der Waals surface area contributed by atoms with Crippen molar-refractivity contribution < 1.29 is 24.2 Å². The number of esters is 2. The molecular formula is C14H13N3O6S2. The van der Waals surface area contributed by atoms with Crippen molar-refractivity contribution >= 4 is 46.7 Å². The summed E-state index contributed by atoms with van der Waals surface area (Å²) >= 11 is 5.63. The molecule has 2 rings (SSSR count). The van der Waals surface area contributed by atoms with Crippen molar-refractivity contribution in [2.24, 2.45) is 4.99 Å². The van der Waals surface area contributed by atoms with Crippen LogP contribution >= 0.6 is 23.6 Å². The van der Waals surface area contributed by atoms with Gasteiger partial charge in [0.2, 0.25) is 5.88 Å². The highest BCUT2D eigenvalue weighted by atomic mass is 32.1. The van der Waals surface area contributed by atoms with E-state index < -0.39 is 23.4 Å². The van der Waals surface area contributed by atoms with Crippen LogP contribution in [0.2, 0.25) is 0 Å². The number of rotatable bonds is 4. The molecule has 0 aromatic carbocycles. The zero-order valence-electron chi connectivity index (χ0n) is 13.3. The number of nitrogens with one attached hydrogen (secondary N) is 2. The summed E-state index contributed by atoms with van der Waals surface area (Å²) in [6.45, 7) is 1.55.